The molecule has 1 aromatic carbocycles. The summed E-state index contributed by atoms with van der Waals surface area (Å²) >= 11 is 0. The Morgan fingerprint density at radius 1 is 1.13 bits per heavy atom. The van der Waals surface area contributed by atoms with Gasteiger partial charge in [-0.1, -0.05) is 62.4 Å². The normalized spacial score (nSPS) is 10.5. The Bertz CT molecular complexity index is 638. The fourth-order valence-corrected chi connectivity index (χ4v) is 2.44. The van der Waals surface area contributed by atoms with Gasteiger partial charge in [0.1, 0.15) is 6.07 Å². The maximum absolute atomic E-state index is 9.19. The maximum atomic E-state index is 9.19. The highest BCUT2D eigenvalue weighted by Crippen LogP contribution is 2.19. The van der Waals surface area contributed by atoms with Gasteiger partial charge in [0.25, 0.3) is 0 Å². The van der Waals surface area contributed by atoms with Crippen molar-refractivity contribution in [1.29, 1.82) is 5.26 Å². The summed E-state index contributed by atoms with van der Waals surface area (Å²) in [5.41, 5.74) is 2.73. The van der Waals surface area contributed by atoms with Crippen LogP contribution in [0, 0.1) is 18.3 Å². The van der Waals surface area contributed by atoms with Crippen LogP contribution in [0.1, 0.15) is 61.7 Å². The monoisotopic (exact) mass is 311 g/mol. The van der Waals surface area contributed by atoms with Crippen molar-refractivity contribution in [3.63, 3.8) is 0 Å². The average molecular weight is 311 g/mol. The summed E-state index contributed by atoms with van der Waals surface area (Å²) in [6.07, 6.45) is 6.81. The zero-order chi connectivity index (χ0) is 16.5. The first kappa shape index (κ1) is 17.1. The van der Waals surface area contributed by atoms with Gasteiger partial charge in [-0.25, -0.2) is 4.98 Å². The predicted octanol–water partition coefficient (Wildman–Crippen LogP) is 4.98. The molecule has 1 N–H and O–H groups in total. The predicted molar refractivity (Wildman–Crippen MR) is 92.2 cm³/mol. The minimum atomic E-state index is 0.348. The molecular formula is C19H25N3O. The number of benzene rings is 1. The molecule has 0 saturated carbocycles. The maximum Gasteiger partial charge on any atom is 0.232 e. The Labute approximate surface area is 138 Å². The summed E-state index contributed by atoms with van der Waals surface area (Å²) in [5.74, 6) is 1.14. The first-order valence-electron chi connectivity index (χ1n) is 8.42. The molecule has 1 aromatic heterocycles. The van der Waals surface area contributed by atoms with Crippen molar-refractivity contribution in [2.45, 2.75) is 58.9 Å². The van der Waals surface area contributed by atoms with Crippen molar-refractivity contribution in [2.24, 2.45) is 0 Å². The van der Waals surface area contributed by atoms with Gasteiger partial charge in [0, 0.05) is 13.0 Å². The lowest BCUT2D eigenvalue weighted by atomic mass is 10.1. The molecular weight excluding hydrogens is 286 g/mol. The number of anilines is 1. The molecule has 0 unspecified atom stereocenters. The Kier molecular flexibility index (Phi) is 6.68. The van der Waals surface area contributed by atoms with Gasteiger partial charge < -0.3 is 9.73 Å². The number of aromatic nitrogens is 1. The fourth-order valence-electron chi connectivity index (χ4n) is 2.44. The molecule has 1 heterocycles. The molecule has 23 heavy (non-hydrogen) atoms. The smallest absolute Gasteiger partial charge is 0.232 e. The van der Waals surface area contributed by atoms with E-state index in [1.807, 2.05) is 0 Å². The van der Waals surface area contributed by atoms with Gasteiger partial charge in [-0.2, -0.15) is 5.26 Å². The highest BCUT2D eigenvalue weighted by atomic mass is 16.4. The van der Waals surface area contributed by atoms with Crippen molar-refractivity contribution in [3.8, 4) is 6.07 Å². The van der Waals surface area contributed by atoms with Crippen LogP contribution in [0.5, 0.6) is 0 Å². The Hall–Kier alpha value is -2.28. The van der Waals surface area contributed by atoms with E-state index in [2.05, 4.69) is 54.5 Å². The van der Waals surface area contributed by atoms with Crippen LogP contribution in [0.2, 0.25) is 0 Å². The lowest BCUT2D eigenvalue weighted by molar-refractivity contribution is 0.487. The zero-order valence-corrected chi connectivity index (χ0v) is 14.1. The zero-order valence-electron chi connectivity index (χ0n) is 14.1. The van der Waals surface area contributed by atoms with Crippen molar-refractivity contribution >= 4 is 5.88 Å². The summed E-state index contributed by atoms with van der Waals surface area (Å²) in [6.45, 7) is 4.90. The molecule has 0 atom stereocenters. The van der Waals surface area contributed by atoms with Crippen LogP contribution >= 0.6 is 0 Å². The molecule has 4 heteroatoms. The SMILES string of the molecule is CCCCCCCc1nc(C#N)c(NCc2ccc(C)cc2)o1. The standard InChI is InChI=1S/C19H25N3O/c1-3-4-5-6-7-8-18-22-17(13-20)19(23-18)21-14-16-11-9-15(2)10-12-16/h9-12,21H,3-8,14H2,1-2H3. The fraction of sp³-hybridized carbons (Fsp3) is 0.474. The lowest BCUT2D eigenvalue weighted by Crippen LogP contribution is -1.99. The van der Waals surface area contributed by atoms with Crippen LogP contribution in [-0.2, 0) is 13.0 Å². The van der Waals surface area contributed by atoms with Crippen molar-refractivity contribution in [3.05, 3.63) is 47.0 Å². The van der Waals surface area contributed by atoms with E-state index >= 15 is 0 Å². The number of nitrogens with zero attached hydrogens (tertiary/aromatic N) is 2. The van der Waals surface area contributed by atoms with Crippen molar-refractivity contribution < 1.29 is 4.42 Å². The Morgan fingerprint density at radius 2 is 1.87 bits per heavy atom. The largest absolute Gasteiger partial charge is 0.424 e. The number of oxazole rings is 1. The molecule has 0 aliphatic heterocycles. The molecule has 2 aromatic rings. The first-order valence-corrected chi connectivity index (χ1v) is 8.42. The minimum Gasteiger partial charge on any atom is -0.424 e. The van der Waals surface area contributed by atoms with Crippen LogP contribution in [0.15, 0.2) is 28.7 Å². The van der Waals surface area contributed by atoms with E-state index in [0.29, 0.717) is 24.0 Å². The third-order valence-corrected chi connectivity index (χ3v) is 3.85. The molecule has 0 bridgehead atoms. The summed E-state index contributed by atoms with van der Waals surface area (Å²) in [6, 6.07) is 10.4. The molecule has 0 radical (unpaired) electrons. The van der Waals surface area contributed by atoms with Crippen LogP contribution in [0.25, 0.3) is 0 Å². The van der Waals surface area contributed by atoms with E-state index in [9.17, 15) is 5.26 Å². The van der Waals surface area contributed by atoms with Gasteiger partial charge >= 0.3 is 0 Å². The third kappa shape index (κ3) is 5.45. The van der Waals surface area contributed by atoms with Crippen molar-refractivity contribution in [1.82, 2.24) is 4.98 Å². The van der Waals surface area contributed by atoms with E-state index in [4.69, 9.17) is 4.42 Å². The molecule has 0 amide bonds. The van der Waals surface area contributed by atoms with E-state index in [1.54, 1.807) is 0 Å². The average Bonchev–Trinajstić information content (AvgIpc) is 2.96. The second kappa shape index (κ2) is 8.99. The lowest BCUT2D eigenvalue weighted by Gasteiger charge is -2.03. The number of nitriles is 1. The van der Waals surface area contributed by atoms with Crippen LogP contribution in [0.3, 0.4) is 0 Å². The van der Waals surface area contributed by atoms with Crippen LogP contribution in [-0.4, -0.2) is 4.98 Å². The van der Waals surface area contributed by atoms with Gasteiger partial charge in [0.15, 0.2) is 5.89 Å². The van der Waals surface area contributed by atoms with E-state index < -0.39 is 0 Å². The van der Waals surface area contributed by atoms with Gasteiger partial charge in [-0.3, -0.25) is 0 Å². The number of hydrogen-bond acceptors (Lipinski definition) is 4. The number of rotatable bonds is 9. The second-order valence-corrected chi connectivity index (χ2v) is 5.90. The van der Waals surface area contributed by atoms with E-state index in [0.717, 1.165) is 18.4 Å². The second-order valence-electron chi connectivity index (χ2n) is 5.90. The summed E-state index contributed by atoms with van der Waals surface area (Å²) in [7, 11) is 0. The van der Waals surface area contributed by atoms with E-state index in [1.165, 1.54) is 31.2 Å². The highest BCUT2D eigenvalue weighted by molar-refractivity contribution is 5.45. The quantitative estimate of drug-likeness (QED) is 0.663. The first-order chi connectivity index (χ1) is 11.2. The van der Waals surface area contributed by atoms with Crippen molar-refractivity contribution in [2.75, 3.05) is 5.32 Å². The summed E-state index contributed by atoms with van der Waals surface area (Å²) in [4.78, 5) is 4.28. The highest BCUT2D eigenvalue weighted by Gasteiger charge is 2.12. The number of aryl methyl sites for hydroxylation is 2. The third-order valence-electron chi connectivity index (χ3n) is 3.85. The Morgan fingerprint density at radius 3 is 2.57 bits per heavy atom. The minimum absolute atomic E-state index is 0.348. The van der Waals surface area contributed by atoms with Gasteiger partial charge in [-0.05, 0) is 18.9 Å². The van der Waals surface area contributed by atoms with Gasteiger partial charge in [0.2, 0.25) is 11.6 Å². The molecule has 0 saturated heterocycles. The number of unbranched alkanes of at least 4 members (excludes halogenated alkanes) is 4. The molecule has 4 nitrogen and oxygen atoms in total. The summed E-state index contributed by atoms with van der Waals surface area (Å²) in [5, 5.41) is 12.4. The number of nitrogens with one attached hydrogen (secondary N) is 1. The van der Waals surface area contributed by atoms with Crippen LogP contribution < -0.4 is 5.32 Å². The topological polar surface area (TPSA) is 61.9 Å². The molecule has 0 aliphatic carbocycles. The molecule has 0 fully saturated rings. The van der Waals surface area contributed by atoms with Crippen LogP contribution in [0.4, 0.5) is 5.88 Å². The molecule has 122 valence electrons. The summed E-state index contributed by atoms with van der Waals surface area (Å²) < 4.78 is 5.71. The molecule has 0 spiro atoms. The van der Waals surface area contributed by atoms with Gasteiger partial charge in [0.05, 0.1) is 0 Å². The molecule has 0 aliphatic rings. The van der Waals surface area contributed by atoms with Gasteiger partial charge in [-0.15, -0.1) is 0 Å². The van der Waals surface area contributed by atoms with E-state index in [-0.39, 0.29) is 0 Å². The molecule has 2 rings (SSSR count). The Balaban J connectivity index is 1.88. The number of hydrogen-bond donors (Lipinski definition) is 1.